The van der Waals surface area contributed by atoms with Crippen LogP contribution < -0.4 is 14.8 Å². The van der Waals surface area contributed by atoms with Gasteiger partial charge in [0.15, 0.2) is 16.7 Å². The Morgan fingerprint density at radius 2 is 1.79 bits per heavy atom. The maximum atomic E-state index is 12.5. The van der Waals surface area contributed by atoms with Gasteiger partial charge in [-0.25, -0.2) is 4.99 Å². The predicted molar refractivity (Wildman–Crippen MR) is 135 cm³/mol. The second-order valence-corrected chi connectivity index (χ2v) is 8.69. The van der Waals surface area contributed by atoms with E-state index in [1.54, 1.807) is 7.11 Å². The Balaban J connectivity index is 1.51. The Morgan fingerprint density at radius 1 is 1.03 bits per heavy atom. The quantitative estimate of drug-likeness (QED) is 0.400. The minimum atomic E-state index is -0.175. The number of para-hydroxylation sites is 1. The van der Waals surface area contributed by atoms with E-state index in [-0.39, 0.29) is 5.91 Å². The summed E-state index contributed by atoms with van der Waals surface area (Å²) in [5, 5.41) is 4.07. The molecule has 1 heterocycles. The van der Waals surface area contributed by atoms with Gasteiger partial charge in [0, 0.05) is 10.6 Å². The fraction of sp³-hybridized carbons (Fsp3) is 0.154. The number of amides is 1. The third-order valence-corrected chi connectivity index (χ3v) is 6.35. The molecule has 33 heavy (non-hydrogen) atoms. The number of methoxy groups -OCH3 is 1. The van der Waals surface area contributed by atoms with E-state index in [0.717, 1.165) is 28.8 Å². The highest BCUT2D eigenvalue weighted by atomic mass is 35.5. The van der Waals surface area contributed by atoms with Crippen molar-refractivity contribution in [2.75, 3.05) is 7.11 Å². The third-order valence-electron chi connectivity index (χ3n) is 5.07. The second-order valence-electron chi connectivity index (χ2n) is 7.25. The molecule has 4 rings (SSSR count). The number of nitrogens with zero attached hydrogens (tertiary/aromatic N) is 1. The zero-order valence-corrected chi connectivity index (χ0v) is 19.9. The Morgan fingerprint density at radius 3 is 2.55 bits per heavy atom. The molecule has 3 aromatic carbocycles. The zero-order valence-electron chi connectivity index (χ0n) is 18.3. The van der Waals surface area contributed by atoms with Crippen LogP contribution in [-0.4, -0.2) is 18.2 Å². The van der Waals surface area contributed by atoms with Crippen molar-refractivity contribution in [2.24, 2.45) is 4.99 Å². The highest BCUT2D eigenvalue weighted by Crippen LogP contribution is 2.33. The van der Waals surface area contributed by atoms with Crippen LogP contribution in [0.3, 0.4) is 0 Å². The van der Waals surface area contributed by atoms with Gasteiger partial charge in [-0.15, -0.1) is 0 Å². The standard InChI is InChI=1S/C26H23ClN2O3S/c1-3-18-8-5-7-11-21(18)28-26-29-25(30)24(33-26)15-17-12-13-22(23(14-17)31-2)32-16-19-9-4-6-10-20(19)27/h4-15H,3,16H2,1-2H3,(H,28,29,30). The molecule has 1 aliphatic rings. The van der Waals surface area contributed by atoms with E-state index in [9.17, 15) is 4.79 Å². The minimum absolute atomic E-state index is 0.175. The zero-order chi connectivity index (χ0) is 23.2. The molecular weight excluding hydrogens is 456 g/mol. The van der Waals surface area contributed by atoms with E-state index < -0.39 is 0 Å². The Hall–Kier alpha value is -3.22. The van der Waals surface area contributed by atoms with Crippen LogP contribution in [-0.2, 0) is 17.8 Å². The molecule has 0 radical (unpaired) electrons. The molecule has 0 aromatic heterocycles. The Labute approximate surface area is 202 Å². The van der Waals surface area contributed by atoms with Gasteiger partial charge >= 0.3 is 0 Å². The van der Waals surface area contributed by atoms with Crippen LogP contribution in [0.1, 0.15) is 23.6 Å². The van der Waals surface area contributed by atoms with E-state index in [2.05, 4.69) is 17.2 Å². The molecule has 0 atom stereocenters. The summed E-state index contributed by atoms with van der Waals surface area (Å²) in [5.74, 6) is 0.998. The van der Waals surface area contributed by atoms with Gasteiger partial charge in [0.25, 0.3) is 5.91 Å². The lowest BCUT2D eigenvalue weighted by Crippen LogP contribution is -2.19. The minimum Gasteiger partial charge on any atom is -0.493 e. The average Bonchev–Trinajstić information content (AvgIpc) is 3.17. The van der Waals surface area contributed by atoms with Crippen LogP contribution in [0, 0.1) is 0 Å². The first kappa shape index (κ1) is 23.0. The highest BCUT2D eigenvalue weighted by Gasteiger charge is 2.24. The van der Waals surface area contributed by atoms with Gasteiger partial charge in [-0.05, 0) is 59.7 Å². The van der Waals surface area contributed by atoms with Crippen molar-refractivity contribution < 1.29 is 14.3 Å². The molecule has 0 unspecified atom stereocenters. The lowest BCUT2D eigenvalue weighted by atomic mass is 10.1. The number of rotatable bonds is 7. The number of hydrogen-bond acceptors (Lipinski definition) is 5. The number of halogens is 1. The van der Waals surface area contributed by atoms with Gasteiger partial charge in [-0.1, -0.05) is 61.0 Å². The van der Waals surface area contributed by atoms with Crippen LogP contribution >= 0.6 is 23.4 Å². The number of hydrogen-bond donors (Lipinski definition) is 1. The molecule has 0 saturated carbocycles. The van der Waals surface area contributed by atoms with Crippen LogP contribution in [0.5, 0.6) is 11.5 Å². The van der Waals surface area contributed by atoms with E-state index in [1.165, 1.54) is 11.8 Å². The second kappa shape index (κ2) is 10.6. The number of aryl methyl sites for hydroxylation is 1. The molecule has 1 N–H and O–H groups in total. The number of benzene rings is 3. The first-order valence-electron chi connectivity index (χ1n) is 10.5. The average molecular weight is 479 g/mol. The van der Waals surface area contributed by atoms with E-state index in [4.69, 9.17) is 21.1 Å². The number of thioether (sulfide) groups is 1. The predicted octanol–water partition coefficient (Wildman–Crippen LogP) is 6.38. The molecule has 3 aromatic rings. The number of aliphatic imine (C=N–C) groups is 1. The van der Waals surface area contributed by atoms with E-state index >= 15 is 0 Å². The maximum Gasteiger partial charge on any atom is 0.264 e. The van der Waals surface area contributed by atoms with Crippen LogP contribution in [0.2, 0.25) is 5.02 Å². The van der Waals surface area contributed by atoms with Gasteiger partial charge in [-0.3, -0.25) is 4.79 Å². The molecule has 0 spiro atoms. The normalized spacial score (nSPS) is 15.7. The molecule has 1 fully saturated rings. The van der Waals surface area contributed by atoms with Gasteiger partial charge in [0.05, 0.1) is 17.7 Å². The Bertz CT molecular complexity index is 1240. The summed E-state index contributed by atoms with van der Waals surface area (Å²) in [5.41, 5.74) is 3.72. The Kier molecular flexibility index (Phi) is 7.37. The highest BCUT2D eigenvalue weighted by molar-refractivity contribution is 8.18. The largest absolute Gasteiger partial charge is 0.493 e. The molecule has 1 saturated heterocycles. The van der Waals surface area contributed by atoms with Crippen molar-refractivity contribution in [1.29, 1.82) is 0 Å². The third kappa shape index (κ3) is 5.59. The van der Waals surface area contributed by atoms with Gasteiger partial charge in [0.2, 0.25) is 0 Å². The lowest BCUT2D eigenvalue weighted by molar-refractivity contribution is -0.115. The number of ether oxygens (including phenoxy) is 2. The summed E-state index contributed by atoms with van der Waals surface area (Å²) < 4.78 is 11.4. The van der Waals surface area contributed by atoms with Crippen molar-refractivity contribution in [1.82, 2.24) is 5.32 Å². The summed E-state index contributed by atoms with van der Waals surface area (Å²) >= 11 is 7.53. The topological polar surface area (TPSA) is 59.9 Å². The van der Waals surface area contributed by atoms with Gasteiger partial charge in [0.1, 0.15) is 6.61 Å². The molecular formula is C26H23ClN2O3S. The van der Waals surface area contributed by atoms with Crippen molar-refractivity contribution in [3.05, 3.63) is 93.3 Å². The summed E-state index contributed by atoms with van der Waals surface area (Å²) in [6.45, 7) is 2.41. The van der Waals surface area contributed by atoms with Crippen molar-refractivity contribution in [2.45, 2.75) is 20.0 Å². The molecule has 0 aliphatic carbocycles. The van der Waals surface area contributed by atoms with Crippen molar-refractivity contribution in [3.63, 3.8) is 0 Å². The SMILES string of the molecule is CCc1ccccc1N=C1NC(=O)C(=Cc2ccc(OCc3ccccc3Cl)c(OC)c2)S1. The fourth-order valence-electron chi connectivity index (χ4n) is 3.32. The first-order valence-corrected chi connectivity index (χ1v) is 11.7. The number of carbonyl (C=O) groups excluding carboxylic acids is 1. The molecule has 5 nitrogen and oxygen atoms in total. The fourth-order valence-corrected chi connectivity index (χ4v) is 4.35. The summed E-state index contributed by atoms with van der Waals surface area (Å²) in [7, 11) is 1.58. The molecule has 0 bridgehead atoms. The first-order chi connectivity index (χ1) is 16.1. The molecule has 1 aliphatic heterocycles. The smallest absolute Gasteiger partial charge is 0.264 e. The molecule has 7 heteroatoms. The summed E-state index contributed by atoms with van der Waals surface area (Å²) in [6.07, 6.45) is 2.69. The lowest BCUT2D eigenvalue weighted by Gasteiger charge is -2.12. The van der Waals surface area contributed by atoms with E-state index in [1.807, 2.05) is 72.8 Å². The van der Waals surface area contributed by atoms with Crippen LogP contribution in [0.15, 0.2) is 76.6 Å². The molecule has 1 amide bonds. The van der Waals surface area contributed by atoms with E-state index in [0.29, 0.717) is 33.2 Å². The van der Waals surface area contributed by atoms with Crippen LogP contribution in [0.4, 0.5) is 5.69 Å². The van der Waals surface area contributed by atoms with Crippen molar-refractivity contribution >= 4 is 46.2 Å². The van der Waals surface area contributed by atoms with Gasteiger partial charge < -0.3 is 14.8 Å². The number of carbonyl (C=O) groups is 1. The maximum absolute atomic E-state index is 12.5. The van der Waals surface area contributed by atoms with Crippen molar-refractivity contribution in [3.8, 4) is 11.5 Å². The monoisotopic (exact) mass is 478 g/mol. The summed E-state index contributed by atoms with van der Waals surface area (Å²) in [6, 6.07) is 21.0. The molecule has 168 valence electrons. The number of nitrogens with one attached hydrogen (secondary N) is 1. The summed E-state index contributed by atoms with van der Waals surface area (Å²) in [4.78, 5) is 17.7. The number of amidine groups is 1. The van der Waals surface area contributed by atoms with Gasteiger partial charge in [-0.2, -0.15) is 0 Å². The van der Waals surface area contributed by atoms with Crippen LogP contribution in [0.25, 0.3) is 6.08 Å².